The molecule has 4 nitrogen and oxygen atoms in total. The summed E-state index contributed by atoms with van der Waals surface area (Å²) in [4.78, 5) is 10.1. The summed E-state index contributed by atoms with van der Waals surface area (Å²) >= 11 is 0. The van der Waals surface area contributed by atoms with Crippen LogP contribution in [0.4, 0.5) is 11.5 Å². The molecule has 2 rings (SSSR count). The Labute approximate surface area is 93.8 Å². The largest absolute Gasteiger partial charge is 0.328 e. The summed E-state index contributed by atoms with van der Waals surface area (Å²) < 4.78 is 0. The molecule has 0 saturated carbocycles. The van der Waals surface area contributed by atoms with Crippen molar-refractivity contribution in [3.05, 3.63) is 48.4 Å². The molecule has 0 saturated heterocycles. The molecule has 0 N–H and O–H groups in total. The van der Waals surface area contributed by atoms with Crippen LogP contribution in [-0.4, -0.2) is 17.0 Å². The minimum absolute atomic E-state index is 0.410. The number of hydrogen-bond acceptors (Lipinski definition) is 4. The van der Waals surface area contributed by atoms with Gasteiger partial charge in [0.25, 0.3) is 0 Å². The Kier molecular flexibility index (Phi) is 2.79. The summed E-state index contributed by atoms with van der Waals surface area (Å²) in [5.74, 6) is 0.729. The number of rotatable bonds is 2. The standard InChI is InChI=1S/C12H10N4/c1-16(11-5-3-7-14-9-11)12-6-2-4-10(8-13)15-12/h2-7,9H,1H3. The van der Waals surface area contributed by atoms with Gasteiger partial charge in [-0.2, -0.15) is 5.26 Å². The second-order valence-corrected chi connectivity index (χ2v) is 3.26. The lowest BCUT2D eigenvalue weighted by atomic mass is 10.3. The summed E-state index contributed by atoms with van der Waals surface area (Å²) in [6.07, 6.45) is 3.47. The van der Waals surface area contributed by atoms with Crippen LogP contribution >= 0.6 is 0 Å². The molecule has 0 amide bonds. The Morgan fingerprint density at radius 1 is 1.25 bits per heavy atom. The molecule has 2 heterocycles. The summed E-state index contributed by atoms with van der Waals surface area (Å²) in [6.45, 7) is 0. The fourth-order valence-corrected chi connectivity index (χ4v) is 1.36. The lowest BCUT2D eigenvalue weighted by Gasteiger charge is -2.17. The fraction of sp³-hybridized carbons (Fsp3) is 0.0833. The molecule has 2 aromatic rings. The van der Waals surface area contributed by atoms with E-state index < -0.39 is 0 Å². The zero-order chi connectivity index (χ0) is 11.4. The van der Waals surface area contributed by atoms with E-state index in [0.29, 0.717) is 5.69 Å². The molecule has 0 spiro atoms. The van der Waals surface area contributed by atoms with Gasteiger partial charge in [-0.1, -0.05) is 6.07 Å². The Morgan fingerprint density at radius 2 is 2.12 bits per heavy atom. The van der Waals surface area contributed by atoms with Gasteiger partial charge >= 0.3 is 0 Å². The summed E-state index contributed by atoms with van der Waals surface area (Å²) in [5, 5.41) is 8.77. The summed E-state index contributed by atoms with van der Waals surface area (Å²) in [5.41, 5.74) is 1.35. The fourth-order valence-electron chi connectivity index (χ4n) is 1.36. The molecule has 0 aromatic carbocycles. The average Bonchev–Trinajstić information content (AvgIpc) is 2.39. The van der Waals surface area contributed by atoms with Gasteiger partial charge in [-0.15, -0.1) is 0 Å². The lowest BCUT2D eigenvalue weighted by Crippen LogP contribution is -2.11. The van der Waals surface area contributed by atoms with Crippen molar-refractivity contribution in [3.63, 3.8) is 0 Å². The van der Waals surface area contributed by atoms with E-state index in [4.69, 9.17) is 5.26 Å². The molecule has 0 aliphatic rings. The van der Waals surface area contributed by atoms with E-state index in [-0.39, 0.29) is 0 Å². The maximum atomic E-state index is 8.77. The predicted molar refractivity (Wildman–Crippen MR) is 61.3 cm³/mol. The van der Waals surface area contributed by atoms with Gasteiger partial charge in [0, 0.05) is 13.2 Å². The third kappa shape index (κ3) is 1.98. The van der Waals surface area contributed by atoms with Crippen molar-refractivity contribution in [3.8, 4) is 6.07 Å². The van der Waals surface area contributed by atoms with Crippen molar-refractivity contribution in [2.75, 3.05) is 11.9 Å². The zero-order valence-electron chi connectivity index (χ0n) is 8.83. The van der Waals surface area contributed by atoms with Crippen LogP contribution in [0, 0.1) is 11.3 Å². The van der Waals surface area contributed by atoms with Crippen molar-refractivity contribution in [1.82, 2.24) is 9.97 Å². The number of hydrogen-bond donors (Lipinski definition) is 0. The maximum absolute atomic E-state index is 8.77. The molecule has 0 fully saturated rings. The molecule has 0 unspecified atom stereocenters. The topological polar surface area (TPSA) is 52.8 Å². The third-order valence-electron chi connectivity index (χ3n) is 2.23. The normalized spacial score (nSPS) is 9.50. The van der Waals surface area contributed by atoms with Gasteiger partial charge in [0.2, 0.25) is 0 Å². The maximum Gasteiger partial charge on any atom is 0.142 e. The van der Waals surface area contributed by atoms with Crippen molar-refractivity contribution >= 4 is 11.5 Å². The van der Waals surface area contributed by atoms with E-state index >= 15 is 0 Å². The van der Waals surface area contributed by atoms with Crippen molar-refractivity contribution < 1.29 is 0 Å². The lowest BCUT2D eigenvalue weighted by molar-refractivity contribution is 1.10. The number of pyridine rings is 2. The van der Waals surface area contributed by atoms with Gasteiger partial charge in [0.1, 0.15) is 17.6 Å². The van der Waals surface area contributed by atoms with E-state index in [1.807, 2.05) is 42.3 Å². The molecular weight excluding hydrogens is 200 g/mol. The third-order valence-corrected chi connectivity index (χ3v) is 2.23. The quantitative estimate of drug-likeness (QED) is 0.761. The predicted octanol–water partition coefficient (Wildman–Crippen LogP) is 2.12. The van der Waals surface area contributed by atoms with Gasteiger partial charge in [-0.3, -0.25) is 4.98 Å². The van der Waals surface area contributed by atoms with Crippen LogP contribution < -0.4 is 4.90 Å². The first kappa shape index (κ1) is 10.1. The zero-order valence-corrected chi connectivity index (χ0v) is 8.83. The van der Waals surface area contributed by atoms with E-state index in [1.54, 1.807) is 18.5 Å². The highest BCUT2D eigenvalue weighted by atomic mass is 15.2. The molecule has 16 heavy (non-hydrogen) atoms. The van der Waals surface area contributed by atoms with Crippen LogP contribution in [0.25, 0.3) is 0 Å². The molecule has 2 aromatic heterocycles. The van der Waals surface area contributed by atoms with E-state index in [2.05, 4.69) is 9.97 Å². The second-order valence-electron chi connectivity index (χ2n) is 3.26. The highest BCUT2D eigenvalue weighted by molar-refractivity contribution is 5.58. The Bertz CT molecular complexity index is 516. The SMILES string of the molecule is CN(c1cccnc1)c1cccc(C#N)n1. The molecule has 0 aliphatic carbocycles. The first-order valence-corrected chi connectivity index (χ1v) is 4.82. The monoisotopic (exact) mass is 210 g/mol. The second kappa shape index (κ2) is 4.41. The smallest absolute Gasteiger partial charge is 0.142 e. The molecule has 0 aliphatic heterocycles. The molecule has 4 heteroatoms. The highest BCUT2D eigenvalue weighted by Crippen LogP contribution is 2.19. The molecule has 0 radical (unpaired) electrons. The van der Waals surface area contributed by atoms with Crippen molar-refractivity contribution in [2.45, 2.75) is 0 Å². The Balaban J connectivity index is 2.35. The molecule has 78 valence electrons. The van der Waals surface area contributed by atoms with E-state index in [9.17, 15) is 0 Å². The van der Waals surface area contributed by atoms with Crippen LogP contribution in [0.5, 0.6) is 0 Å². The van der Waals surface area contributed by atoms with Gasteiger partial charge in [0.15, 0.2) is 0 Å². The van der Waals surface area contributed by atoms with E-state index in [1.165, 1.54) is 0 Å². The van der Waals surface area contributed by atoms with Crippen LogP contribution in [0.1, 0.15) is 5.69 Å². The van der Waals surface area contributed by atoms with Crippen LogP contribution in [0.15, 0.2) is 42.7 Å². The van der Waals surface area contributed by atoms with Crippen molar-refractivity contribution in [1.29, 1.82) is 5.26 Å². The number of anilines is 2. The van der Waals surface area contributed by atoms with E-state index in [0.717, 1.165) is 11.5 Å². The molecule has 0 atom stereocenters. The summed E-state index contributed by atoms with van der Waals surface area (Å²) in [7, 11) is 1.89. The first-order valence-electron chi connectivity index (χ1n) is 4.82. The Hall–Kier alpha value is -2.41. The Morgan fingerprint density at radius 3 is 2.81 bits per heavy atom. The summed E-state index contributed by atoms with van der Waals surface area (Å²) in [6, 6.07) is 11.2. The van der Waals surface area contributed by atoms with Gasteiger partial charge < -0.3 is 4.90 Å². The van der Waals surface area contributed by atoms with Crippen LogP contribution in [0.3, 0.4) is 0 Å². The average molecular weight is 210 g/mol. The first-order chi connectivity index (χ1) is 7.81. The van der Waals surface area contributed by atoms with Crippen molar-refractivity contribution in [2.24, 2.45) is 0 Å². The number of nitrogens with zero attached hydrogens (tertiary/aromatic N) is 4. The number of nitriles is 1. The van der Waals surface area contributed by atoms with Gasteiger partial charge in [-0.25, -0.2) is 4.98 Å². The molecular formula is C12H10N4. The number of aromatic nitrogens is 2. The minimum Gasteiger partial charge on any atom is -0.328 e. The minimum atomic E-state index is 0.410. The van der Waals surface area contributed by atoms with Crippen LogP contribution in [0.2, 0.25) is 0 Å². The highest BCUT2D eigenvalue weighted by Gasteiger charge is 2.05. The van der Waals surface area contributed by atoms with Gasteiger partial charge in [0.05, 0.1) is 11.9 Å². The van der Waals surface area contributed by atoms with Crippen LogP contribution in [-0.2, 0) is 0 Å². The molecule has 0 bridgehead atoms. The van der Waals surface area contributed by atoms with Gasteiger partial charge in [-0.05, 0) is 24.3 Å².